The number of ether oxygens (including phenoxy) is 1. The molecule has 122 valence electrons. The number of aromatic nitrogens is 1. The lowest BCUT2D eigenvalue weighted by Crippen LogP contribution is -2.47. The molecule has 0 radical (unpaired) electrons. The Balaban J connectivity index is 1.74. The highest BCUT2D eigenvalue weighted by atomic mass is 19.1. The fourth-order valence-electron chi connectivity index (χ4n) is 2.89. The third kappa shape index (κ3) is 3.42. The van der Waals surface area contributed by atoms with Gasteiger partial charge in [0.05, 0.1) is 24.8 Å². The van der Waals surface area contributed by atoms with E-state index in [2.05, 4.69) is 4.98 Å². The summed E-state index contributed by atoms with van der Waals surface area (Å²) in [5.41, 5.74) is 0.733. The number of nitrogens with one attached hydrogen (secondary N) is 1. The number of benzene rings is 1. The van der Waals surface area contributed by atoms with E-state index in [1.54, 1.807) is 17.0 Å². The number of hydrogen-bond donors (Lipinski definition) is 1. The van der Waals surface area contributed by atoms with Crippen molar-refractivity contribution in [2.75, 3.05) is 19.8 Å². The van der Waals surface area contributed by atoms with Crippen LogP contribution in [0.25, 0.3) is 10.9 Å². The molecule has 0 saturated carbocycles. The molecule has 1 amide bonds. The lowest BCUT2D eigenvalue weighted by molar-refractivity contribution is -0.139. The molecule has 1 aliphatic heterocycles. The Morgan fingerprint density at radius 1 is 1.43 bits per heavy atom. The van der Waals surface area contributed by atoms with E-state index in [-0.39, 0.29) is 23.9 Å². The third-order valence-corrected chi connectivity index (χ3v) is 4.18. The number of morpholine rings is 1. The lowest BCUT2D eigenvalue weighted by Gasteiger charge is -2.33. The Kier molecular flexibility index (Phi) is 4.43. The molecule has 1 atom stereocenters. The number of carbonyl (C=O) groups excluding carboxylic acids is 1. The fourth-order valence-corrected chi connectivity index (χ4v) is 2.89. The van der Waals surface area contributed by atoms with Crippen LogP contribution >= 0.6 is 0 Å². The van der Waals surface area contributed by atoms with Crippen LogP contribution in [-0.4, -0.2) is 41.6 Å². The molecule has 1 aromatic heterocycles. The summed E-state index contributed by atoms with van der Waals surface area (Å²) < 4.78 is 18.5. The summed E-state index contributed by atoms with van der Waals surface area (Å²) in [5, 5.41) is 0.758. The number of aromatic amines is 1. The summed E-state index contributed by atoms with van der Waals surface area (Å²) >= 11 is 0. The van der Waals surface area contributed by atoms with Crippen LogP contribution in [0.5, 0.6) is 0 Å². The first-order valence-corrected chi connectivity index (χ1v) is 7.73. The van der Waals surface area contributed by atoms with E-state index >= 15 is 0 Å². The number of pyridine rings is 1. The predicted molar refractivity (Wildman–Crippen MR) is 84.8 cm³/mol. The molecule has 2 aromatic rings. The number of aryl methyl sites for hydroxylation is 1. The minimum Gasteiger partial charge on any atom is -0.377 e. The smallest absolute Gasteiger partial charge is 0.251 e. The zero-order valence-electron chi connectivity index (χ0n) is 13.0. The molecule has 1 aliphatic rings. The molecule has 6 heteroatoms. The number of hydrogen-bond acceptors (Lipinski definition) is 3. The number of H-pyrrole nitrogens is 1. The molecule has 0 aliphatic carbocycles. The zero-order valence-corrected chi connectivity index (χ0v) is 13.0. The molecular weight excluding hydrogens is 299 g/mol. The van der Waals surface area contributed by atoms with E-state index < -0.39 is 5.82 Å². The van der Waals surface area contributed by atoms with Crippen LogP contribution < -0.4 is 5.56 Å². The van der Waals surface area contributed by atoms with Crippen molar-refractivity contribution in [2.24, 2.45) is 0 Å². The molecule has 1 fully saturated rings. The summed E-state index contributed by atoms with van der Waals surface area (Å²) in [6.07, 6.45) is 0.645. The van der Waals surface area contributed by atoms with Crippen molar-refractivity contribution in [2.45, 2.75) is 25.8 Å². The predicted octanol–water partition coefficient (Wildman–Crippen LogP) is 1.85. The third-order valence-electron chi connectivity index (χ3n) is 4.18. The monoisotopic (exact) mass is 318 g/mol. The molecule has 1 N–H and O–H groups in total. The normalized spacial score (nSPS) is 18.3. The summed E-state index contributed by atoms with van der Waals surface area (Å²) in [4.78, 5) is 28.9. The maximum Gasteiger partial charge on any atom is 0.251 e. The molecule has 1 aromatic carbocycles. The largest absolute Gasteiger partial charge is 0.377 e. The first-order chi connectivity index (χ1) is 11.0. The van der Waals surface area contributed by atoms with Crippen molar-refractivity contribution in [1.29, 1.82) is 0 Å². The first-order valence-electron chi connectivity index (χ1n) is 7.73. The maximum absolute atomic E-state index is 13.2. The molecule has 2 heterocycles. The van der Waals surface area contributed by atoms with Gasteiger partial charge in [0, 0.05) is 18.5 Å². The van der Waals surface area contributed by atoms with Crippen LogP contribution in [0.3, 0.4) is 0 Å². The van der Waals surface area contributed by atoms with Crippen LogP contribution in [0, 0.1) is 5.82 Å². The second kappa shape index (κ2) is 6.50. The molecule has 23 heavy (non-hydrogen) atoms. The van der Waals surface area contributed by atoms with Gasteiger partial charge in [0.2, 0.25) is 5.91 Å². The summed E-state index contributed by atoms with van der Waals surface area (Å²) in [6, 6.07) is 6.06. The molecule has 0 bridgehead atoms. The number of rotatable bonds is 3. The van der Waals surface area contributed by atoms with E-state index in [0.29, 0.717) is 37.3 Å². The minimum absolute atomic E-state index is 0.0272. The summed E-state index contributed by atoms with van der Waals surface area (Å²) in [6.45, 7) is 3.65. The van der Waals surface area contributed by atoms with Gasteiger partial charge >= 0.3 is 0 Å². The van der Waals surface area contributed by atoms with Crippen LogP contribution in [0.1, 0.15) is 18.9 Å². The van der Waals surface area contributed by atoms with Crippen LogP contribution in [0.4, 0.5) is 4.39 Å². The van der Waals surface area contributed by atoms with Gasteiger partial charge in [-0.1, -0.05) is 0 Å². The molecule has 1 unspecified atom stereocenters. The maximum atomic E-state index is 13.2. The fraction of sp³-hybridized carbons (Fsp3) is 0.412. The quantitative estimate of drug-likeness (QED) is 0.939. The Morgan fingerprint density at radius 2 is 2.26 bits per heavy atom. The highest BCUT2D eigenvalue weighted by Crippen LogP contribution is 2.14. The second-order valence-corrected chi connectivity index (χ2v) is 5.87. The highest BCUT2D eigenvalue weighted by Gasteiger charge is 2.23. The van der Waals surface area contributed by atoms with Gasteiger partial charge < -0.3 is 14.6 Å². The number of halogens is 1. The van der Waals surface area contributed by atoms with Gasteiger partial charge in [0.25, 0.3) is 5.56 Å². The van der Waals surface area contributed by atoms with E-state index in [1.165, 1.54) is 12.1 Å². The average molecular weight is 318 g/mol. The molecule has 0 spiro atoms. The van der Waals surface area contributed by atoms with E-state index in [0.717, 1.165) is 5.39 Å². The first kappa shape index (κ1) is 15.7. The Bertz CT molecular complexity index is 787. The van der Waals surface area contributed by atoms with Gasteiger partial charge in [0.1, 0.15) is 5.82 Å². The number of nitrogens with zero attached hydrogens (tertiary/aromatic N) is 1. The zero-order chi connectivity index (χ0) is 16.4. The molecule has 1 saturated heterocycles. The number of amides is 1. The van der Waals surface area contributed by atoms with Gasteiger partial charge in [-0.15, -0.1) is 0 Å². The van der Waals surface area contributed by atoms with Crippen molar-refractivity contribution in [1.82, 2.24) is 9.88 Å². The molecule has 5 nitrogen and oxygen atoms in total. The van der Waals surface area contributed by atoms with Crippen molar-refractivity contribution >= 4 is 16.8 Å². The minimum atomic E-state index is -0.391. The van der Waals surface area contributed by atoms with E-state index in [4.69, 9.17) is 4.74 Å². The van der Waals surface area contributed by atoms with Crippen LogP contribution in [-0.2, 0) is 16.0 Å². The Labute approximate surface area is 133 Å². The number of carbonyl (C=O) groups is 1. The van der Waals surface area contributed by atoms with Crippen LogP contribution in [0.2, 0.25) is 0 Å². The second-order valence-electron chi connectivity index (χ2n) is 5.87. The average Bonchev–Trinajstić information content (AvgIpc) is 2.53. The van der Waals surface area contributed by atoms with Crippen molar-refractivity contribution in [3.8, 4) is 0 Å². The van der Waals surface area contributed by atoms with Crippen molar-refractivity contribution in [3.63, 3.8) is 0 Å². The van der Waals surface area contributed by atoms with Gasteiger partial charge in [-0.2, -0.15) is 0 Å². The molecular formula is C17H19FN2O3. The van der Waals surface area contributed by atoms with Gasteiger partial charge in [-0.3, -0.25) is 9.59 Å². The SMILES string of the molecule is CC1COCCN1C(=O)CCc1cc2ccc(F)cc2[nH]c1=O. The Morgan fingerprint density at radius 3 is 3.04 bits per heavy atom. The summed E-state index contributed by atoms with van der Waals surface area (Å²) in [5.74, 6) is -0.364. The van der Waals surface area contributed by atoms with Crippen molar-refractivity contribution < 1.29 is 13.9 Å². The van der Waals surface area contributed by atoms with Gasteiger partial charge in [-0.25, -0.2) is 4.39 Å². The lowest BCUT2D eigenvalue weighted by atomic mass is 10.1. The highest BCUT2D eigenvalue weighted by molar-refractivity contribution is 5.79. The Hall–Kier alpha value is -2.21. The van der Waals surface area contributed by atoms with E-state index in [1.807, 2.05) is 6.92 Å². The van der Waals surface area contributed by atoms with Crippen molar-refractivity contribution in [3.05, 3.63) is 46.0 Å². The van der Waals surface area contributed by atoms with Gasteiger partial charge in [0.15, 0.2) is 0 Å². The van der Waals surface area contributed by atoms with Gasteiger partial charge in [-0.05, 0) is 43.0 Å². The van der Waals surface area contributed by atoms with Crippen LogP contribution in [0.15, 0.2) is 29.1 Å². The standard InChI is InChI=1S/C17H19FN2O3/c1-11-10-23-7-6-20(11)16(21)5-3-13-8-12-2-4-14(18)9-15(12)19-17(13)22/h2,4,8-9,11H,3,5-7,10H2,1H3,(H,19,22). The van der Waals surface area contributed by atoms with E-state index in [9.17, 15) is 14.0 Å². The number of fused-ring (bicyclic) bond motifs is 1. The topological polar surface area (TPSA) is 62.4 Å². The summed E-state index contributed by atoms with van der Waals surface area (Å²) in [7, 11) is 0. The molecule has 3 rings (SSSR count).